The van der Waals surface area contributed by atoms with Crippen molar-refractivity contribution in [3.8, 4) is 22.6 Å². The van der Waals surface area contributed by atoms with E-state index in [1.165, 1.54) is 0 Å². The van der Waals surface area contributed by atoms with Crippen LogP contribution in [0.5, 0.6) is 11.5 Å². The number of carboxylic acid groups (broad SMARTS) is 1. The van der Waals surface area contributed by atoms with Gasteiger partial charge in [0.2, 0.25) is 0 Å². The number of benzene rings is 1. The summed E-state index contributed by atoms with van der Waals surface area (Å²) in [5.41, 5.74) is 2.50. The van der Waals surface area contributed by atoms with Crippen LogP contribution in [0.2, 0.25) is 0 Å². The molecule has 11 heteroatoms. The van der Waals surface area contributed by atoms with E-state index in [2.05, 4.69) is 10.3 Å². The van der Waals surface area contributed by atoms with E-state index in [1.807, 2.05) is 55.3 Å². The van der Waals surface area contributed by atoms with E-state index in [0.29, 0.717) is 42.4 Å². The smallest absolute Gasteiger partial charge is 0.404 e. The number of amides is 1. The fourth-order valence-corrected chi connectivity index (χ4v) is 4.05. The molecule has 0 saturated carbocycles. The van der Waals surface area contributed by atoms with Gasteiger partial charge >= 0.3 is 6.09 Å². The van der Waals surface area contributed by atoms with Crippen LogP contribution in [-0.2, 0) is 18.3 Å². The minimum Gasteiger partial charge on any atom is -0.496 e. The molecule has 0 fully saturated rings. The van der Waals surface area contributed by atoms with Gasteiger partial charge in [0, 0.05) is 57.1 Å². The zero-order valence-electron chi connectivity index (χ0n) is 22.2. The van der Waals surface area contributed by atoms with Gasteiger partial charge in [0.15, 0.2) is 0 Å². The van der Waals surface area contributed by atoms with Gasteiger partial charge in [0.1, 0.15) is 17.3 Å². The van der Waals surface area contributed by atoms with Crippen LogP contribution in [0.4, 0.5) is 10.6 Å². The Morgan fingerprint density at radius 2 is 1.76 bits per heavy atom. The van der Waals surface area contributed by atoms with Gasteiger partial charge < -0.3 is 39.0 Å². The molecule has 0 radical (unpaired) electrons. The largest absolute Gasteiger partial charge is 0.496 e. The number of pyridine rings is 2. The summed E-state index contributed by atoms with van der Waals surface area (Å²) in [7, 11) is 10.8. The molecule has 2 heterocycles. The van der Waals surface area contributed by atoms with Gasteiger partial charge in [-0.1, -0.05) is 0 Å². The van der Waals surface area contributed by atoms with E-state index < -0.39 is 6.09 Å². The number of likely N-dealkylation sites (N-methyl/N-ethyl adjacent to an activating group) is 1. The normalized spacial score (nSPS) is 11.1. The molecule has 200 valence electrons. The Kier molecular flexibility index (Phi) is 9.31. The Morgan fingerprint density at radius 3 is 2.35 bits per heavy atom. The molecule has 11 nitrogen and oxygen atoms in total. The van der Waals surface area contributed by atoms with Crippen LogP contribution in [0.25, 0.3) is 21.9 Å². The molecule has 0 spiro atoms. The SMILES string of the molecule is COc1cc(-c2cn(C)c(=O)c3cnc(N(C)CCOCCNC(=O)O)cc23)cc(OC)c1CN(C)C. The summed E-state index contributed by atoms with van der Waals surface area (Å²) in [5, 5.41) is 12.1. The van der Waals surface area contributed by atoms with Gasteiger partial charge in [-0.3, -0.25) is 4.79 Å². The van der Waals surface area contributed by atoms with E-state index >= 15 is 0 Å². The maximum Gasteiger partial charge on any atom is 0.404 e. The molecule has 1 aromatic carbocycles. The maximum atomic E-state index is 12.9. The van der Waals surface area contributed by atoms with Crippen LogP contribution in [0.1, 0.15) is 5.56 Å². The van der Waals surface area contributed by atoms with E-state index in [1.54, 1.807) is 32.0 Å². The number of ether oxygens (including phenoxy) is 3. The number of anilines is 1. The van der Waals surface area contributed by atoms with E-state index in [9.17, 15) is 9.59 Å². The molecule has 2 N–H and O–H groups in total. The van der Waals surface area contributed by atoms with Crippen molar-refractivity contribution in [2.45, 2.75) is 6.54 Å². The maximum absolute atomic E-state index is 12.9. The van der Waals surface area contributed by atoms with Crippen molar-refractivity contribution in [2.75, 3.05) is 66.6 Å². The highest BCUT2D eigenvalue weighted by molar-refractivity contribution is 5.97. The summed E-state index contributed by atoms with van der Waals surface area (Å²) >= 11 is 0. The zero-order valence-corrected chi connectivity index (χ0v) is 22.2. The predicted molar refractivity (Wildman–Crippen MR) is 143 cm³/mol. The lowest BCUT2D eigenvalue weighted by Gasteiger charge is -2.21. The van der Waals surface area contributed by atoms with Crippen molar-refractivity contribution in [1.82, 2.24) is 19.8 Å². The summed E-state index contributed by atoms with van der Waals surface area (Å²) in [6.07, 6.45) is 2.33. The molecule has 0 atom stereocenters. The van der Waals surface area contributed by atoms with E-state index in [-0.39, 0.29) is 18.7 Å². The minimum absolute atomic E-state index is 0.141. The van der Waals surface area contributed by atoms with Gasteiger partial charge in [0.25, 0.3) is 5.56 Å². The topological polar surface area (TPSA) is 118 Å². The first-order valence-electron chi connectivity index (χ1n) is 11.8. The molecule has 0 aliphatic heterocycles. The van der Waals surface area contributed by atoms with Crippen LogP contribution < -0.4 is 25.2 Å². The second-order valence-corrected chi connectivity index (χ2v) is 8.91. The Morgan fingerprint density at radius 1 is 1.08 bits per heavy atom. The van der Waals surface area contributed by atoms with Crippen molar-refractivity contribution in [2.24, 2.45) is 7.05 Å². The summed E-state index contributed by atoms with van der Waals surface area (Å²) in [5.74, 6) is 2.08. The fraction of sp³-hybridized carbons (Fsp3) is 0.423. The summed E-state index contributed by atoms with van der Waals surface area (Å²) in [6.45, 7) is 2.07. The molecule has 0 aliphatic rings. The van der Waals surface area contributed by atoms with Crippen LogP contribution in [-0.4, -0.2) is 87.3 Å². The second kappa shape index (κ2) is 12.4. The zero-order chi connectivity index (χ0) is 27.1. The molecule has 0 bridgehead atoms. The molecule has 1 amide bonds. The molecule has 37 heavy (non-hydrogen) atoms. The number of methoxy groups -OCH3 is 2. The number of aryl methyl sites for hydroxylation is 1. The average molecular weight is 514 g/mol. The Bertz CT molecular complexity index is 1280. The van der Waals surface area contributed by atoms with Crippen molar-refractivity contribution in [3.05, 3.63) is 46.5 Å². The minimum atomic E-state index is -1.08. The van der Waals surface area contributed by atoms with Crippen LogP contribution in [0.3, 0.4) is 0 Å². The number of aromatic nitrogens is 2. The number of nitrogens with one attached hydrogen (secondary N) is 1. The van der Waals surface area contributed by atoms with Crippen molar-refractivity contribution >= 4 is 22.7 Å². The summed E-state index contributed by atoms with van der Waals surface area (Å²) in [4.78, 5) is 31.9. The number of fused-ring (bicyclic) bond motifs is 1. The highest BCUT2D eigenvalue weighted by Gasteiger charge is 2.18. The standard InChI is InChI=1S/C26H35N5O6/c1-29(2)15-21-22(35-5)11-17(12-23(21)36-6)20-16-31(4)25(32)19-14-28-24(13-18(19)20)30(3)8-10-37-9-7-27-26(33)34/h11-14,16,27H,7-10,15H2,1-6H3,(H,33,34). The number of nitrogens with zero attached hydrogens (tertiary/aromatic N) is 4. The summed E-state index contributed by atoms with van der Waals surface area (Å²) < 4.78 is 18.5. The highest BCUT2D eigenvalue weighted by Crippen LogP contribution is 2.38. The number of hydrogen-bond donors (Lipinski definition) is 2. The third-order valence-corrected chi connectivity index (χ3v) is 5.93. The van der Waals surface area contributed by atoms with Gasteiger partial charge in [-0.25, -0.2) is 9.78 Å². The Labute approximate surface area is 216 Å². The quantitative estimate of drug-likeness (QED) is 0.352. The number of hydrogen-bond acceptors (Lipinski definition) is 8. The molecule has 2 aromatic heterocycles. The van der Waals surface area contributed by atoms with Crippen LogP contribution in [0, 0.1) is 0 Å². The van der Waals surface area contributed by atoms with E-state index in [4.69, 9.17) is 19.3 Å². The average Bonchev–Trinajstić information content (AvgIpc) is 2.87. The molecule has 3 rings (SSSR count). The third-order valence-electron chi connectivity index (χ3n) is 5.93. The number of carbonyl (C=O) groups is 1. The van der Waals surface area contributed by atoms with Crippen LogP contribution in [0.15, 0.2) is 35.4 Å². The van der Waals surface area contributed by atoms with Crippen molar-refractivity contribution in [3.63, 3.8) is 0 Å². The monoisotopic (exact) mass is 513 g/mol. The first-order valence-corrected chi connectivity index (χ1v) is 11.8. The second-order valence-electron chi connectivity index (χ2n) is 8.91. The van der Waals surface area contributed by atoms with E-state index in [0.717, 1.165) is 22.1 Å². The lowest BCUT2D eigenvalue weighted by atomic mass is 9.98. The molecular formula is C26H35N5O6. The number of rotatable bonds is 12. The van der Waals surface area contributed by atoms with Crippen molar-refractivity contribution < 1.29 is 24.1 Å². The Balaban J connectivity index is 1.98. The first kappa shape index (κ1) is 27.8. The lowest BCUT2D eigenvalue weighted by molar-refractivity contribution is 0.138. The molecule has 3 aromatic rings. The van der Waals surface area contributed by atoms with Gasteiger partial charge in [-0.05, 0) is 37.9 Å². The Hall–Kier alpha value is -3.83. The van der Waals surface area contributed by atoms with Gasteiger partial charge in [-0.15, -0.1) is 0 Å². The molecule has 0 aliphatic carbocycles. The summed E-state index contributed by atoms with van der Waals surface area (Å²) in [6, 6.07) is 5.82. The third kappa shape index (κ3) is 6.69. The fourth-order valence-electron chi connectivity index (χ4n) is 4.05. The van der Waals surface area contributed by atoms with Gasteiger partial charge in [0.05, 0.1) is 38.4 Å². The molecule has 0 saturated heterocycles. The highest BCUT2D eigenvalue weighted by atomic mass is 16.5. The van der Waals surface area contributed by atoms with Crippen molar-refractivity contribution in [1.29, 1.82) is 0 Å². The predicted octanol–water partition coefficient (Wildman–Crippen LogP) is 2.40. The first-order chi connectivity index (χ1) is 17.7. The van der Waals surface area contributed by atoms with Gasteiger partial charge in [-0.2, -0.15) is 0 Å². The van der Waals surface area contributed by atoms with Crippen LogP contribution >= 0.6 is 0 Å². The lowest BCUT2D eigenvalue weighted by Crippen LogP contribution is -2.28. The molecule has 0 unspecified atom stereocenters. The molecular weight excluding hydrogens is 478 g/mol.